The maximum absolute atomic E-state index is 13.3. The van der Waals surface area contributed by atoms with Gasteiger partial charge in [0.25, 0.3) is 0 Å². The van der Waals surface area contributed by atoms with E-state index in [1.54, 1.807) is 12.1 Å². The van der Waals surface area contributed by atoms with Gasteiger partial charge in [-0.1, -0.05) is 40.5 Å². The van der Waals surface area contributed by atoms with E-state index in [0.717, 1.165) is 24.5 Å². The second-order valence-electron chi connectivity index (χ2n) is 6.22. The lowest BCUT2D eigenvalue weighted by atomic mass is 10.2. The van der Waals surface area contributed by atoms with Gasteiger partial charge in [0, 0.05) is 11.3 Å². The first kappa shape index (κ1) is 22.3. The van der Waals surface area contributed by atoms with Gasteiger partial charge in [-0.3, -0.25) is 4.79 Å². The molecule has 0 aliphatic carbocycles. The topological polar surface area (TPSA) is 77.2 Å². The van der Waals surface area contributed by atoms with Crippen LogP contribution < -0.4 is 0 Å². The third kappa shape index (κ3) is 4.35. The van der Waals surface area contributed by atoms with Gasteiger partial charge in [-0.05, 0) is 37.3 Å². The second kappa shape index (κ2) is 8.01. The molecule has 0 N–H and O–H groups in total. The van der Waals surface area contributed by atoms with Crippen molar-refractivity contribution in [1.29, 1.82) is 0 Å². The van der Waals surface area contributed by atoms with Crippen LogP contribution in [0.2, 0.25) is 10.0 Å². The number of amides is 1. The Kier molecular flexibility index (Phi) is 5.94. The third-order valence-corrected chi connectivity index (χ3v) is 6.32. The average molecular weight is 477 g/mol. The molecule has 1 atom stereocenters. The number of carbonyl (C=O) groups excluding carboxylic acids is 1. The van der Waals surface area contributed by atoms with Crippen LogP contribution >= 0.6 is 23.2 Å². The van der Waals surface area contributed by atoms with Gasteiger partial charge in [0.15, 0.2) is 5.69 Å². The molecule has 0 bridgehead atoms. The molecule has 0 aliphatic heterocycles. The predicted octanol–water partition coefficient (Wildman–Crippen LogP) is 5.20. The summed E-state index contributed by atoms with van der Waals surface area (Å²) in [7, 11) is -3.72. The number of nitrogens with zero attached hydrogens (tertiary/aromatic N) is 4. The van der Waals surface area contributed by atoms with Crippen molar-refractivity contribution in [3.05, 3.63) is 69.5 Å². The molecule has 6 nitrogen and oxygen atoms in total. The highest BCUT2D eigenvalue weighted by Gasteiger charge is 2.35. The minimum absolute atomic E-state index is 0.215. The molecule has 1 amide bonds. The lowest BCUT2D eigenvalue weighted by Crippen LogP contribution is -2.13. The molecule has 1 unspecified atom stereocenters. The summed E-state index contributed by atoms with van der Waals surface area (Å²) < 4.78 is 57.5. The Morgan fingerprint density at radius 2 is 1.83 bits per heavy atom. The van der Waals surface area contributed by atoms with E-state index in [1.165, 1.54) is 23.7 Å². The fourth-order valence-corrected chi connectivity index (χ4v) is 4.60. The number of alkyl halides is 3. The van der Waals surface area contributed by atoms with Gasteiger partial charge in [0.05, 0.1) is 36.6 Å². The molecule has 1 aromatic heterocycles. The first-order valence-electron chi connectivity index (χ1n) is 8.22. The van der Waals surface area contributed by atoms with Crippen LogP contribution in [-0.4, -0.2) is 31.4 Å². The zero-order valence-corrected chi connectivity index (χ0v) is 17.8. The Bertz CT molecular complexity index is 1260. The van der Waals surface area contributed by atoms with Crippen molar-refractivity contribution in [3.63, 3.8) is 0 Å². The Hall–Kier alpha value is -2.43. The number of benzene rings is 2. The van der Waals surface area contributed by atoms with Crippen LogP contribution in [0.3, 0.4) is 0 Å². The Balaban J connectivity index is 2.06. The van der Waals surface area contributed by atoms with Crippen LogP contribution in [0, 0.1) is 6.92 Å². The van der Waals surface area contributed by atoms with Crippen LogP contribution in [0.4, 0.5) is 13.2 Å². The summed E-state index contributed by atoms with van der Waals surface area (Å²) in [6.07, 6.45) is -3.79. The van der Waals surface area contributed by atoms with E-state index in [2.05, 4.69) is 14.7 Å². The molecular formula is C18H13Cl2F3N4O2S. The highest BCUT2D eigenvalue weighted by Crippen LogP contribution is 2.34. The minimum Gasteiger partial charge on any atom is -0.264 e. The summed E-state index contributed by atoms with van der Waals surface area (Å²) in [5.74, 6) is -1.06. The average Bonchev–Trinajstić information content (AvgIpc) is 3.02. The molecule has 0 spiro atoms. The normalized spacial score (nSPS) is 13.7. The molecule has 0 fully saturated rings. The first-order valence-corrected chi connectivity index (χ1v) is 10.9. The van der Waals surface area contributed by atoms with Gasteiger partial charge >= 0.3 is 12.1 Å². The van der Waals surface area contributed by atoms with Crippen molar-refractivity contribution < 1.29 is 22.2 Å². The molecule has 12 heteroatoms. The Morgan fingerprint density at radius 1 is 1.17 bits per heavy atom. The third-order valence-electron chi connectivity index (χ3n) is 4.09. The molecule has 0 saturated heterocycles. The fourth-order valence-electron chi connectivity index (χ4n) is 2.69. The monoisotopic (exact) mass is 476 g/mol. The minimum atomic E-state index is -4.75. The zero-order valence-electron chi connectivity index (χ0n) is 15.4. The molecular weight excluding hydrogens is 464 g/mol. The summed E-state index contributed by atoms with van der Waals surface area (Å²) >= 11 is 12.0. The first-order chi connectivity index (χ1) is 13.9. The largest absolute Gasteiger partial charge is 0.417 e. The van der Waals surface area contributed by atoms with Gasteiger partial charge in [0.1, 0.15) is 0 Å². The summed E-state index contributed by atoms with van der Waals surface area (Å²) in [5, 5.41) is 8.21. The summed E-state index contributed by atoms with van der Waals surface area (Å²) in [4.78, 5) is 12.0. The summed E-state index contributed by atoms with van der Waals surface area (Å²) in [6, 6.07) is 8.84. The van der Waals surface area contributed by atoms with Crippen molar-refractivity contribution in [3.8, 4) is 5.69 Å². The molecule has 158 valence electrons. The van der Waals surface area contributed by atoms with Crippen molar-refractivity contribution in [2.75, 3.05) is 6.26 Å². The maximum Gasteiger partial charge on any atom is 0.417 e. The van der Waals surface area contributed by atoms with Gasteiger partial charge < -0.3 is 0 Å². The Morgan fingerprint density at radius 3 is 2.47 bits per heavy atom. The Labute approximate surface area is 179 Å². The van der Waals surface area contributed by atoms with Gasteiger partial charge in [0.2, 0.25) is 0 Å². The second-order valence-corrected chi connectivity index (χ2v) is 9.29. The summed E-state index contributed by atoms with van der Waals surface area (Å²) in [5.41, 5.74) is -0.792. The van der Waals surface area contributed by atoms with E-state index in [9.17, 15) is 22.2 Å². The van der Waals surface area contributed by atoms with Crippen molar-refractivity contribution >= 4 is 38.8 Å². The number of hydrogen-bond acceptors (Lipinski definition) is 4. The number of halogens is 5. The maximum atomic E-state index is 13.3. The SMILES string of the molecule is Cc1c(C(=O)N=S(C)(=O)c2ccccc2C(F)(F)F)nnn1-c1ccc(Cl)cc1Cl. The molecule has 2 aromatic carbocycles. The van der Waals surface area contributed by atoms with E-state index < -0.39 is 32.3 Å². The van der Waals surface area contributed by atoms with E-state index in [4.69, 9.17) is 23.2 Å². The van der Waals surface area contributed by atoms with Gasteiger partial charge in [-0.2, -0.15) is 17.5 Å². The van der Waals surface area contributed by atoms with Crippen molar-refractivity contribution in [2.24, 2.45) is 4.36 Å². The van der Waals surface area contributed by atoms with E-state index in [0.29, 0.717) is 10.7 Å². The van der Waals surface area contributed by atoms with Crippen LogP contribution in [0.15, 0.2) is 51.7 Å². The van der Waals surface area contributed by atoms with Crippen LogP contribution in [-0.2, 0) is 15.9 Å². The lowest BCUT2D eigenvalue weighted by molar-refractivity contribution is -0.139. The number of hydrogen-bond donors (Lipinski definition) is 0. The van der Waals surface area contributed by atoms with E-state index >= 15 is 0 Å². The number of carbonyl (C=O) groups is 1. The van der Waals surface area contributed by atoms with Crippen molar-refractivity contribution in [1.82, 2.24) is 15.0 Å². The molecule has 0 radical (unpaired) electrons. The fraction of sp³-hybridized carbons (Fsp3) is 0.167. The quantitative estimate of drug-likeness (QED) is 0.520. The van der Waals surface area contributed by atoms with Gasteiger partial charge in [-0.25, -0.2) is 8.89 Å². The molecule has 3 rings (SSSR count). The number of aromatic nitrogens is 3. The number of rotatable bonds is 3. The van der Waals surface area contributed by atoms with Crippen LogP contribution in [0.5, 0.6) is 0 Å². The standard InChI is InChI=1S/C18H13Cl2F3N4O2S/c1-10-16(24-26-27(10)14-8-7-11(19)9-13(14)20)17(28)25-30(2,29)15-6-4-3-5-12(15)18(21,22)23/h3-9H,1-2H3. The lowest BCUT2D eigenvalue weighted by Gasteiger charge is -2.13. The smallest absolute Gasteiger partial charge is 0.264 e. The van der Waals surface area contributed by atoms with E-state index in [1.807, 2.05) is 0 Å². The molecule has 30 heavy (non-hydrogen) atoms. The predicted molar refractivity (Wildman–Crippen MR) is 107 cm³/mol. The molecule has 0 aliphatic rings. The summed E-state index contributed by atoms with van der Waals surface area (Å²) in [6.45, 7) is 1.49. The van der Waals surface area contributed by atoms with Crippen LogP contribution in [0.1, 0.15) is 21.7 Å². The van der Waals surface area contributed by atoms with E-state index in [-0.39, 0.29) is 16.4 Å². The van der Waals surface area contributed by atoms with Crippen LogP contribution in [0.25, 0.3) is 5.69 Å². The van der Waals surface area contributed by atoms with Crippen molar-refractivity contribution in [2.45, 2.75) is 18.0 Å². The highest BCUT2D eigenvalue weighted by atomic mass is 35.5. The van der Waals surface area contributed by atoms with Gasteiger partial charge in [-0.15, -0.1) is 5.10 Å². The molecule has 1 heterocycles. The molecule has 3 aromatic rings. The highest BCUT2D eigenvalue weighted by molar-refractivity contribution is 7.93. The molecule has 0 saturated carbocycles. The zero-order chi connectivity index (χ0) is 22.3.